The lowest BCUT2D eigenvalue weighted by atomic mass is 9.75. The summed E-state index contributed by atoms with van der Waals surface area (Å²) in [5.74, 6) is 0.368. The van der Waals surface area contributed by atoms with E-state index in [-0.39, 0.29) is 5.82 Å². The molecular weight excluding hydrogens is 249 g/mol. The molecule has 0 heterocycles. The van der Waals surface area contributed by atoms with Crippen molar-refractivity contribution in [2.24, 2.45) is 0 Å². The summed E-state index contributed by atoms with van der Waals surface area (Å²) in [4.78, 5) is 0. The summed E-state index contributed by atoms with van der Waals surface area (Å²) in [6.07, 6.45) is 3.21. The van der Waals surface area contributed by atoms with Crippen LogP contribution in [0.1, 0.15) is 36.8 Å². The fraction of sp³-hybridized carbons (Fsp3) is 0.333. The summed E-state index contributed by atoms with van der Waals surface area (Å²) in [6.45, 7) is 2.18. The minimum atomic E-state index is -0.129. The van der Waals surface area contributed by atoms with E-state index in [1.165, 1.54) is 17.3 Å². The summed E-state index contributed by atoms with van der Waals surface area (Å²) in [7, 11) is 0. The number of anilines is 1. The Hall–Kier alpha value is -1.83. The number of nitrogens with one attached hydrogen (secondary N) is 1. The monoisotopic (exact) mass is 269 g/mol. The molecule has 0 saturated heterocycles. The van der Waals surface area contributed by atoms with Crippen LogP contribution in [0.15, 0.2) is 48.5 Å². The normalized spacial score (nSPS) is 21.3. The lowest BCUT2D eigenvalue weighted by Gasteiger charge is -2.37. The van der Waals surface area contributed by atoms with Crippen molar-refractivity contribution in [2.75, 3.05) is 5.32 Å². The van der Waals surface area contributed by atoms with Gasteiger partial charge in [-0.15, -0.1) is 0 Å². The van der Waals surface area contributed by atoms with E-state index in [1.54, 1.807) is 12.1 Å². The van der Waals surface area contributed by atoms with Crippen LogP contribution in [0.5, 0.6) is 0 Å². The largest absolute Gasteiger partial charge is 0.382 e. The van der Waals surface area contributed by atoms with Crippen LogP contribution >= 0.6 is 0 Å². The molecule has 2 aromatic rings. The van der Waals surface area contributed by atoms with Gasteiger partial charge < -0.3 is 5.32 Å². The van der Waals surface area contributed by atoms with E-state index in [9.17, 15) is 4.39 Å². The third-order valence-corrected chi connectivity index (χ3v) is 4.22. The molecule has 0 spiro atoms. The van der Waals surface area contributed by atoms with Crippen LogP contribution in [-0.2, 0) is 6.42 Å². The van der Waals surface area contributed by atoms with Crippen molar-refractivity contribution in [2.45, 2.75) is 38.1 Å². The van der Waals surface area contributed by atoms with Crippen molar-refractivity contribution in [3.8, 4) is 0 Å². The molecule has 1 nitrogen and oxygen atoms in total. The van der Waals surface area contributed by atoms with Crippen molar-refractivity contribution < 1.29 is 4.39 Å². The van der Waals surface area contributed by atoms with Crippen molar-refractivity contribution in [3.63, 3.8) is 0 Å². The van der Waals surface area contributed by atoms with E-state index in [4.69, 9.17) is 0 Å². The number of hydrogen-bond donors (Lipinski definition) is 1. The molecule has 1 aliphatic rings. The molecule has 104 valence electrons. The quantitative estimate of drug-likeness (QED) is 0.845. The van der Waals surface area contributed by atoms with Crippen molar-refractivity contribution in [1.29, 1.82) is 0 Å². The molecule has 0 aromatic heterocycles. The Morgan fingerprint density at radius 3 is 2.65 bits per heavy atom. The Balaban J connectivity index is 1.61. The average molecular weight is 269 g/mol. The van der Waals surface area contributed by atoms with Gasteiger partial charge in [-0.25, -0.2) is 4.39 Å². The lowest BCUT2D eigenvalue weighted by Crippen LogP contribution is -2.34. The number of hydrogen-bond acceptors (Lipinski definition) is 1. The van der Waals surface area contributed by atoms with Gasteiger partial charge in [0.2, 0.25) is 0 Å². The highest BCUT2D eigenvalue weighted by Crippen LogP contribution is 2.39. The van der Waals surface area contributed by atoms with Crippen LogP contribution < -0.4 is 5.32 Å². The molecule has 0 radical (unpaired) electrons. The first-order valence-electron chi connectivity index (χ1n) is 7.36. The lowest BCUT2D eigenvalue weighted by molar-refractivity contribution is 0.373. The smallest absolute Gasteiger partial charge is 0.123 e. The van der Waals surface area contributed by atoms with Gasteiger partial charge in [-0.1, -0.05) is 37.3 Å². The standard InChI is InChI=1S/C18H20FN/c1-2-13-6-3-4-9-18(13)20-17-11-15(12-17)14-7-5-8-16(19)10-14/h3-10,15,17,20H,2,11-12H2,1H3. The number of para-hydroxylation sites is 1. The van der Waals surface area contributed by atoms with E-state index in [0.717, 1.165) is 24.8 Å². The molecule has 2 heteroatoms. The molecule has 1 aliphatic carbocycles. The van der Waals surface area contributed by atoms with Gasteiger partial charge in [0.1, 0.15) is 5.82 Å². The summed E-state index contributed by atoms with van der Waals surface area (Å²) in [5.41, 5.74) is 3.74. The number of aryl methyl sites for hydroxylation is 1. The zero-order chi connectivity index (χ0) is 13.9. The van der Waals surface area contributed by atoms with Crippen molar-refractivity contribution >= 4 is 5.69 Å². The molecule has 3 rings (SSSR count). The zero-order valence-electron chi connectivity index (χ0n) is 11.8. The van der Waals surface area contributed by atoms with Crippen LogP contribution in [0.2, 0.25) is 0 Å². The minimum Gasteiger partial charge on any atom is -0.382 e. The van der Waals surface area contributed by atoms with Crippen molar-refractivity contribution in [1.82, 2.24) is 0 Å². The molecule has 0 bridgehead atoms. The molecule has 1 fully saturated rings. The maximum atomic E-state index is 13.2. The van der Waals surface area contributed by atoms with Gasteiger partial charge in [0, 0.05) is 11.7 Å². The SMILES string of the molecule is CCc1ccccc1NC1CC(c2cccc(F)c2)C1. The van der Waals surface area contributed by atoms with E-state index >= 15 is 0 Å². The van der Waals surface area contributed by atoms with E-state index in [1.807, 2.05) is 6.07 Å². The topological polar surface area (TPSA) is 12.0 Å². The number of benzene rings is 2. The van der Waals surface area contributed by atoms with Gasteiger partial charge in [0.05, 0.1) is 0 Å². The van der Waals surface area contributed by atoms with E-state index < -0.39 is 0 Å². The van der Waals surface area contributed by atoms with Gasteiger partial charge in [-0.05, 0) is 54.5 Å². The first-order valence-corrected chi connectivity index (χ1v) is 7.36. The first kappa shape index (κ1) is 13.2. The molecule has 1 N–H and O–H groups in total. The fourth-order valence-corrected chi connectivity index (χ4v) is 2.96. The third-order valence-electron chi connectivity index (χ3n) is 4.22. The Bertz CT molecular complexity index is 587. The number of rotatable bonds is 4. The zero-order valence-corrected chi connectivity index (χ0v) is 11.8. The van der Waals surface area contributed by atoms with E-state index in [0.29, 0.717) is 12.0 Å². The molecule has 0 unspecified atom stereocenters. The third kappa shape index (κ3) is 2.69. The predicted octanol–water partition coefficient (Wildman–Crippen LogP) is 4.75. The molecule has 2 aromatic carbocycles. The Kier molecular flexibility index (Phi) is 3.72. The fourth-order valence-electron chi connectivity index (χ4n) is 2.96. The van der Waals surface area contributed by atoms with Gasteiger partial charge in [0.25, 0.3) is 0 Å². The summed E-state index contributed by atoms with van der Waals surface area (Å²) >= 11 is 0. The molecule has 0 amide bonds. The summed E-state index contributed by atoms with van der Waals surface area (Å²) in [6, 6.07) is 16.0. The molecule has 0 atom stereocenters. The second-order valence-electron chi connectivity index (χ2n) is 5.58. The van der Waals surface area contributed by atoms with Crippen LogP contribution in [0.25, 0.3) is 0 Å². The second kappa shape index (κ2) is 5.66. The van der Waals surface area contributed by atoms with Gasteiger partial charge in [-0.3, -0.25) is 0 Å². The predicted molar refractivity (Wildman–Crippen MR) is 81.6 cm³/mol. The highest BCUT2D eigenvalue weighted by atomic mass is 19.1. The summed E-state index contributed by atoms with van der Waals surface area (Å²) < 4.78 is 13.2. The highest BCUT2D eigenvalue weighted by Gasteiger charge is 2.30. The maximum absolute atomic E-state index is 13.2. The van der Waals surface area contributed by atoms with Crippen molar-refractivity contribution in [3.05, 3.63) is 65.5 Å². The van der Waals surface area contributed by atoms with Crippen LogP contribution in [0, 0.1) is 5.82 Å². The second-order valence-corrected chi connectivity index (χ2v) is 5.58. The Labute approximate surface area is 119 Å². The van der Waals surface area contributed by atoms with Gasteiger partial charge >= 0.3 is 0 Å². The van der Waals surface area contributed by atoms with Gasteiger partial charge in [0.15, 0.2) is 0 Å². The van der Waals surface area contributed by atoms with Crippen LogP contribution in [0.4, 0.5) is 10.1 Å². The van der Waals surface area contributed by atoms with Crippen LogP contribution in [-0.4, -0.2) is 6.04 Å². The molecule has 0 aliphatic heterocycles. The Morgan fingerprint density at radius 1 is 1.10 bits per heavy atom. The molecule has 20 heavy (non-hydrogen) atoms. The Morgan fingerprint density at radius 2 is 1.90 bits per heavy atom. The van der Waals surface area contributed by atoms with Crippen LogP contribution in [0.3, 0.4) is 0 Å². The maximum Gasteiger partial charge on any atom is 0.123 e. The molecule has 1 saturated carbocycles. The average Bonchev–Trinajstić information content (AvgIpc) is 2.42. The molecular formula is C18H20FN. The first-order chi connectivity index (χ1) is 9.76. The number of halogens is 1. The minimum absolute atomic E-state index is 0.129. The highest BCUT2D eigenvalue weighted by molar-refractivity contribution is 5.52. The van der Waals surface area contributed by atoms with Gasteiger partial charge in [-0.2, -0.15) is 0 Å². The summed E-state index contributed by atoms with van der Waals surface area (Å²) in [5, 5.41) is 3.62. The van der Waals surface area contributed by atoms with E-state index in [2.05, 4.69) is 36.5 Å².